The van der Waals surface area contributed by atoms with Crippen LogP contribution in [0.25, 0.3) is 11.5 Å². The van der Waals surface area contributed by atoms with Crippen LogP contribution in [0.4, 0.5) is 0 Å². The van der Waals surface area contributed by atoms with Gasteiger partial charge >= 0.3 is 5.97 Å². The molecule has 1 aromatic heterocycles. The Morgan fingerprint density at radius 2 is 1.83 bits per heavy atom. The van der Waals surface area contributed by atoms with E-state index in [-0.39, 0.29) is 12.5 Å². The number of esters is 1. The summed E-state index contributed by atoms with van der Waals surface area (Å²) in [4.78, 5) is 12.1. The molecule has 3 rings (SSSR count). The number of hydrogen-bond acceptors (Lipinski definition) is 6. The standard InChI is InChI=1S/C18H16N2O4/c1-12(23-18(22)15-9-7-13(11-21)8-10-15)16-19-20-17(24-16)14-5-3-2-4-6-14/h2-10,12,21H,11H2,1H3/t12-/m0/s1. The molecular formula is C18H16N2O4. The first-order valence-corrected chi connectivity index (χ1v) is 7.47. The lowest BCUT2D eigenvalue weighted by Gasteiger charge is -2.09. The van der Waals surface area contributed by atoms with E-state index in [4.69, 9.17) is 14.3 Å². The minimum atomic E-state index is -0.667. The van der Waals surface area contributed by atoms with Crippen LogP contribution in [0.1, 0.15) is 34.8 Å². The number of aliphatic hydroxyl groups is 1. The molecule has 0 fully saturated rings. The van der Waals surface area contributed by atoms with Gasteiger partial charge in [0, 0.05) is 5.56 Å². The molecule has 0 spiro atoms. The van der Waals surface area contributed by atoms with Crippen LogP contribution in [-0.2, 0) is 11.3 Å². The number of aliphatic hydroxyl groups excluding tert-OH is 1. The van der Waals surface area contributed by atoms with Gasteiger partial charge in [-0.1, -0.05) is 30.3 Å². The lowest BCUT2D eigenvalue weighted by atomic mass is 10.1. The summed E-state index contributed by atoms with van der Waals surface area (Å²) in [5.74, 6) is 0.112. The third kappa shape index (κ3) is 3.49. The van der Waals surface area contributed by atoms with Crippen molar-refractivity contribution < 1.29 is 19.1 Å². The summed E-state index contributed by atoms with van der Waals surface area (Å²) in [6.07, 6.45) is -0.667. The van der Waals surface area contributed by atoms with Crippen molar-refractivity contribution in [3.05, 3.63) is 71.6 Å². The summed E-state index contributed by atoms with van der Waals surface area (Å²) < 4.78 is 10.9. The molecule has 1 N–H and O–H groups in total. The van der Waals surface area contributed by atoms with E-state index in [1.165, 1.54) is 0 Å². The zero-order chi connectivity index (χ0) is 16.9. The van der Waals surface area contributed by atoms with Gasteiger partial charge in [-0.05, 0) is 36.8 Å². The molecule has 0 aliphatic rings. The van der Waals surface area contributed by atoms with Crippen LogP contribution in [0.15, 0.2) is 59.0 Å². The molecule has 0 aliphatic heterocycles. The van der Waals surface area contributed by atoms with Crippen LogP contribution < -0.4 is 0 Å². The van der Waals surface area contributed by atoms with E-state index in [9.17, 15) is 4.79 Å². The first kappa shape index (κ1) is 15.9. The quantitative estimate of drug-likeness (QED) is 0.726. The molecular weight excluding hydrogens is 308 g/mol. The Labute approximate surface area is 138 Å². The molecule has 24 heavy (non-hydrogen) atoms. The molecule has 0 radical (unpaired) electrons. The highest BCUT2D eigenvalue weighted by molar-refractivity contribution is 5.89. The Hall–Kier alpha value is -2.99. The fourth-order valence-corrected chi connectivity index (χ4v) is 2.12. The molecule has 0 bridgehead atoms. The predicted molar refractivity (Wildman–Crippen MR) is 85.9 cm³/mol. The number of aromatic nitrogens is 2. The number of ether oxygens (including phenoxy) is 1. The van der Waals surface area contributed by atoms with Crippen LogP contribution in [-0.4, -0.2) is 21.3 Å². The van der Waals surface area contributed by atoms with Gasteiger partial charge in [-0.3, -0.25) is 0 Å². The molecule has 0 saturated carbocycles. The minimum absolute atomic E-state index is 0.0734. The summed E-state index contributed by atoms with van der Waals surface area (Å²) in [5, 5.41) is 16.9. The molecule has 1 heterocycles. The number of carbonyl (C=O) groups excluding carboxylic acids is 1. The first-order chi connectivity index (χ1) is 11.7. The van der Waals surface area contributed by atoms with E-state index in [1.807, 2.05) is 30.3 Å². The molecule has 2 aromatic carbocycles. The normalized spacial score (nSPS) is 11.9. The Morgan fingerprint density at radius 3 is 2.50 bits per heavy atom. The van der Waals surface area contributed by atoms with Crippen LogP contribution in [0.5, 0.6) is 0 Å². The Balaban J connectivity index is 1.69. The van der Waals surface area contributed by atoms with Gasteiger partial charge in [0.25, 0.3) is 5.89 Å². The molecule has 6 nitrogen and oxygen atoms in total. The smallest absolute Gasteiger partial charge is 0.338 e. The molecule has 0 saturated heterocycles. The van der Waals surface area contributed by atoms with Crippen LogP contribution >= 0.6 is 0 Å². The summed E-state index contributed by atoms with van der Waals surface area (Å²) in [6, 6.07) is 15.9. The van der Waals surface area contributed by atoms with E-state index >= 15 is 0 Å². The van der Waals surface area contributed by atoms with E-state index in [0.717, 1.165) is 11.1 Å². The largest absolute Gasteiger partial charge is 0.449 e. The van der Waals surface area contributed by atoms with Gasteiger partial charge in [-0.15, -0.1) is 10.2 Å². The van der Waals surface area contributed by atoms with Gasteiger partial charge in [0.2, 0.25) is 5.89 Å². The highest BCUT2D eigenvalue weighted by Crippen LogP contribution is 2.22. The van der Waals surface area contributed by atoms with Crippen molar-refractivity contribution in [3.63, 3.8) is 0 Å². The maximum absolute atomic E-state index is 12.1. The van der Waals surface area contributed by atoms with Gasteiger partial charge in [0.15, 0.2) is 6.10 Å². The van der Waals surface area contributed by atoms with Crippen molar-refractivity contribution in [1.82, 2.24) is 10.2 Å². The number of carbonyl (C=O) groups is 1. The third-order valence-corrected chi connectivity index (χ3v) is 3.47. The molecule has 3 aromatic rings. The SMILES string of the molecule is C[C@H](OC(=O)c1ccc(CO)cc1)c1nnc(-c2ccccc2)o1. The number of rotatable bonds is 5. The maximum Gasteiger partial charge on any atom is 0.338 e. The van der Waals surface area contributed by atoms with E-state index in [1.54, 1.807) is 31.2 Å². The highest BCUT2D eigenvalue weighted by Gasteiger charge is 2.19. The predicted octanol–water partition coefficient (Wildman–Crippen LogP) is 3.15. The third-order valence-electron chi connectivity index (χ3n) is 3.47. The van der Waals surface area contributed by atoms with Gasteiger partial charge in [0.05, 0.1) is 12.2 Å². The second-order valence-corrected chi connectivity index (χ2v) is 5.21. The zero-order valence-electron chi connectivity index (χ0n) is 13.0. The molecule has 0 amide bonds. The fourth-order valence-electron chi connectivity index (χ4n) is 2.12. The summed E-state index contributed by atoms with van der Waals surface area (Å²) in [7, 11) is 0. The monoisotopic (exact) mass is 324 g/mol. The number of benzene rings is 2. The Kier molecular flexibility index (Phi) is 4.67. The summed E-state index contributed by atoms with van der Waals surface area (Å²) in [5.41, 5.74) is 1.92. The second-order valence-electron chi connectivity index (χ2n) is 5.21. The second kappa shape index (κ2) is 7.06. The van der Waals surface area contributed by atoms with Crippen molar-refractivity contribution in [2.45, 2.75) is 19.6 Å². The minimum Gasteiger partial charge on any atom is -0.449 e. The average molecular weight is 324 g/mol. The van der Waals surface area contributed by atoms with Crippen LogP contribution in [0, 0.1) is 0 Å². The first-order valence-electron chi connectivity index (χ1n) is 7.47. The van der Waals surface area contributed by atoms with Crippen molar-refractivity contribution in [3.8, 4) is 11.5 Å². The van der Waals surface area contributed by atoms with E-state index in [0.29, 0.717) is 11.5 Å². The van der Waals surface area contributed by atoms with Gasteiger partial charge in [-0.2, -0.15) is 0 Å². The van der Waals surface area contributed by atoms with Gasteiger partial charge in [0.1, 0.15) is 0 Å². The Bertz CT molecular complexity index is 813. The van der Waals surface area contributed by atoms with Crippen LogP contribution in [0.3, 0.4) is 0 Å². The van der Waals surface area contributed by atoms with Crippen molar-refractivity contribution in [2.24, 2.45) is 0 Å². The van der Waals surface area contributed by atoms with Gasteiger partial charge < -0.3 is 14.3 Å². The highest BCUT2D eigenvalue weighted by atomic mass is 16.6. The number of nitrogens with zero attached hydrogens (tertiary/aromatic N) is 2. The molecule has 6 heteroatoms. The van der Waals surface area contributed by atoms with Gasteiger partial charge in [-0.25, -0.2) is 4.79 Å². The molecule has 0 aliphatic carbocycles. The van der Waals surface area contributed by atoms with Crippen LogP contribution in [0.2, 0.25) is 0 Å². The lowest BCUT2D eigenvalue weighted by molar-refractivity contribution is 0.0280. The van der Waals surface area contributed by atoms with E-state index < -0.39 is 12.1 Å². The maximum atomic E-state index is 12.1. The lowest BCUT2D eigenvalue weighted by Crippen LogP contribution is -2.09. The fraction of sp³-hybridized carbons (Fsp3) is 0.167. The number of hydrogen-bond donors (Lipinski definition) is 1. The Morgan fingerprint density at radius 1 is 1.12 bits per heavy atom. The topological polar surface area (TPSA) is 85.5 Å². The zero-order valence-corrected chi connectivity index (χ0v) is 13.0. The molecule has 0 unspecified atom stereocenters. The average Bonchev–Trinajstić information content (AvgIpc) is 3.13. The van der Waals surface area contributed by atoms with E-state index in [2.05, 4.69) is 10.2 Å². The van der Waals surface area contributed by atoms with Crippen molar-refractivity contribution in [1.29, 1.82) is 0 Å². The van der Waals surface area contributed by atoms with Crippen molar-refractivity contribution >= 4 is 5.97 Å². The summed E-state index contributed by atoms with van der Waals surface area (Å²) in [6.45, 7) is 1.60. The molecule has 122 valence electrons. The summed E-state index contributed by atoms with van der Waals surface area (Å²) >= 11 is 0. The van der Waals surface area contributed by atoms with Crippen molar-refractivity contribution in [2.75, 3.05) is 0 Å². The molecule has 1 atom stereocenters.